The van der Waals surface area contributed by atoms with Gasteiger partial charge in [-0.2, -0.15) is 0 Å². The van der Waals surface area contributed by atoms with E-state index in [2.05, 4.69) is 4.72 Å². The number of hydrogen-bond donors (Lipinski definition) is 1. The Balaban J connectivity index is 2.42. The van der Waals surface area contributed by atoms with Crippen LogP contribution in [0.5, 0.6) is 17.2 Å². The molecule has 0 aliphatic heterocycles. The molecule has 0 radical (unpaired) electrons. The van der Waals surface area contributed by atoms with Crippen LogP contribution in [0, 0.1) is 3.57 Å². The van der Waals surface area contributed by atoms with Crippen LogP contribution in [-0.4, -0.2) is 29.2 Å². The van der Waals surface area contributed by atoms with Crippen molar-refractivity contribution in [1.29, 1.82) is 0 Å². The van der Waals surface area contributed by atoms with Gasteiger partial charge in [0.2, 0.25) is 0 Å². The molecule has 0 atom stereocenters. The number of methoxy groups -OCH3 is 2. The summed E-state index contributed by atoms with van der Waals surface area (Å²) in [6.07, 6.45) is 0. The van der Waals surface area contributed by atoms with Gasteiger partial charge in [-0.15, -0.1) is 0 Å². The maximum atomic E-state index is 12.8. The first-order chi connectivity index (χ1) is 11.8. The van der Waals surface area contributed by atoms with Crippen LogP contribution in [-0.2, 0) is 10.0 Å². The lowest BCUT2D eigenvalue weighted by molar-refractivity contribution is 0.339. The van der Waals surface area contributed by atoms with Crippen molar-refractivity contribution in [2.75, 3.05) is 25.5 Å². The Kier molecular flexibility index (Phi) is 6.64. The van der Waals surface area contributed by atoms with Crippen LogP contribution < -0.4 is 18.9 Å². The second-order valence-electron chi connectivity index (χ2n) is 4.82. The van der Waals surface area contributed by atoms with Crippen LogP contribution in [0.2, 0.25) is 5.02 Å². The molecule has 0 saturated carbocycles. The fourth-order valence-electron chi connectivity index (χ4n) is 2.10. The highest BCUT2D eigenvalue weighted by Gasteiger charge is 2.21. The number of anilines is 1. The summed E-state index contributed by atoms with van der Waals surface area (Å²) in [4.78, 5) is 0.132. The Hall–Kier alpha value is -1.39. The zero-order valence-corrected chi connectivity index (χ0v) is 17.5. The second-order valence-corrected chi connectivity index (χ2v) is 8.04. The molecule has 0 aliphatic rings. The van der Waals surface area contributed by atoms with E-state index < -0.39 is 10.0 Å². The van der Waals surface area contributed by atoms with Crippen molar-refractivity contribution in [1.82, 2.24) is 0 Å². The molecule has 0 aliphatic carbocycles. The maximum Gasteiger partial charge on any atom is 0.263 e. The average molecular weight is 498 g/mol. The molecule has 1 N–H and O–H groups in total. The van der Waals surface area contributed by atoms with Gasteiger partial charge in [-0.05, 0) is 47.7 Å². The lowest BCUT2D eigenvalue weighted by Gasteiger charge is -2.15. The summed E-state index contributed by atoms with van der Waals surface area (Å²) in [5.41, 5.74) is 0.230. The standard InChI is InChI=1S/C16H17ClINO5S/c1-4-24-10-5-6-16(12(18)7-10)25(20,21)19-13-9-14(22-2)11(17)8-15(13)23-3/h5-9,19H,4H2,1-3H3. The van der Waals surface area contributed by atoms with Gasteiger partial charge in [-0.3, -0.25) is 4.72 Å². The Morgan fingerprint density at radius 3 is 2.36 bits per heavy atom. The van der Waals surface area contributed by atoms with E-state index in [-0.39, 0.29) is 16.3 Å². The number of benzene rings is 2. The first kappa shape index (κ1) is 19.9. The third-order valence-electron chi connectivity index (χ3n) is 3.22. The maximum absolute atomic E-state index is 12.8. The van der Waals surface area contributed by atoms with Gasteiger partial charge in [0, 0.05) is 15.7 Å². The Labute approximate surface area is 165 Å². The summed E-state index contributed by atoms with van der Waals surface area (Å²) in [6.45, 7) is 2.36. The molecule has 0 aromatic heterocycles. The molecule has 0 amide bonds. The fourth-order valence-corrected chi connectivity index (χ4v) is 4.80. The van der Waals surface area contributed by atoms with Gasteiger partial charge < -0.3 is 14.2 Å². The van der Waals surface area contributed by atoms with Gasteiger partial charge in [-0.25, -0.2) is 8.42 Å². The first-order valence-electron chi connectivity index (χ1n) is 7.19. The zero-order valence-electron chi connectivity index (χ0n) is 13.8. The fraction of sp³-hybridized carbons (Fsp3) is 0.250. The normalized spacial score (nSPS) is 11.1. The molecule has 9 heteroatoms. The SMILES string of the molecule is CCOc1ccc(S(=O)(=O)Nc2cc(OC)c(Cl)cc2OC)c(I)c1. The largest absolute Gasteiger partial charge is 0.495 e. The molecule has 6 nitrogen and oxygen atoms in total. The monoisotopic (exact) mass is 497 g/mol. The molecule has 0 saturated heterocycles. The number of nitrogens with one attached hydrogen (secondary N) is 1. The summed E-state index contributed by atoms with van der Waals surface area (Å²) in [6, 6.07) is 7.73. The van der Waals surface area contributed by atoms with E-state index in [0.717, 1.165) is 0 Å². The number of rotatable bonds is 7. The summed E-state index contributed by atoms with van der Waals surface area (Å²) >= 11 is 8.00. The molecule has 0 bridgehead atoms. The highest BCUT2D eigenvalue weighted by Crippen LogP contribution is 2.37. The minimum atomic E-state index is -3.84. The quantitative estimate of drug-likeness (QED) is 0.582. The summed E-state index contributed by atoms with van der Waals surface area (Å²) in [7, 11) is -0.965. The van der Waals surface area contributed by atoms with Crippen LogP contribution in [0.1, 0.15) is 6.92 Å². The van der Waals surface area contributed by atoms with Crippen molar-refractivity contribution in [3.05, 3.63) is 38.9 Å². The van der Waals surface area contributed by atoms with Crippen molar-refractivity contribution < 1.29 is 22.6 Å². The highest BCUT2D eigenvalue weighted by atomic mass is 127. The van der Waals surface area contributed by atoms with Crippen LogP contribution >= 0.6 is 34.2 Å². The summed E-state index contributed by atoms with van der Waals surface area (Å²) in [5.74, 6) is 1.23. The lowest BCUT2D eigenvalue weighted by atomic mass is 10.3. The molecule has 0 heterocycles. The van der Waals surface area contributed by atoms with Gasteiger partial charge in [0.15, 0.2) is 0 Å². The summed E-state index contributed by atoms with van der Waals surface area (Å²) < 4.78 is 44.3. The average Bonchev–Trinajstić information content (AvgIpc) is 2.56. The van der Waals surface area contributed by atoms with E-state index in [1.165, 1.54) is 32.4 Å². The van der Waals surface area contributed by atoms with Crippen molar-refractivity contribution >= 4 is 49.9 Å². The second kappa shape index (κ2) is 8.33. The van der Waals surface area contributed by atoms with Gasteiger partial charge in [0.25, 0.3) is 10.0 Å². The van der Waals surface area contributed by atoms with Crippen LogP contribution in [0.3, 0.4) is 0 Å². The molecule has 25 heavy (non-hydrogen) atoms. The van der Waals surface area contributed by atoms with E-state index in [0.29, 0.717) is 26.7 Å². The lowest BCUT2D eigenvalue weighted by Crippen LogP contribution is -2.15. The number of halogens is 2. The minimum absolute atomic E-state index is 0.132. The molecule has 2 aromatic rings. The Bertz CT molecular complexity index is 873. The predicted octanol–water partition coefficient (Wildman–Crippen LogP) is 4.16. The van der Waals surface area contributed by atoms with Crippen molar-refractivity contribution in [2.45, 2.75) is 11.8 Å². The molecule has 2 rings (SSSR count). The summed E-state index contributed by atoms with van der Waals surface area (Å²) in [5, 5.41) is 0.318. The number of ether oxygens (including phenoxy) is 3. The van der Waals surface area contributed by atoms with E-state index in [1.807, 2.05) is 29.5 Å². The van der Waals surface area contributed by atoms with Gasteiger partial charge in [0.1, 0.15) is 22.1 Å². The topological polar surface area (TPSA) is 73.9 Å². The molecule has 2 aromatic carbocycles. The van der Waals surface area contributed by atoms with Gasteiger partial charge in [-0.1, -0.05) is 11.6 Å². The molecule has 0 unspecified atom stereocenters. The van der Waals surface area contributed by atoms with E-state index in [4.69, 9.17) is 25.8 Å². The van der Waals surface area contributed by atoms with Crippen molar-refractivity contribution in [3.8, 4) is 17.2 Å². The first-order valence-corrected chi connectivity index (χ1v) is 10.1. The predicted molar refractivity (Wildman–Crippen MR) is 106 cm³/mol. The third kappa shape index (κ3) is 4.62. The zero-order chi connectivity index (χ0) is 18.6. The van der Waals surface area contributed by atoms with E-state index >= 15 is 0 Å². The molecular formula is C16H17ClINO5S. The van der Waals surface area contributed by atoms with Gasteiger partial charge in [0.05, 0.1) is 31.5 Å². The molecule has 0 fully saturated rings. The smallest absolute Gasteiger partial charge is 0.263 e. The number of hydrogen-bond acceptors (Lipinski definition) is 5. The number of sulfonamides is 1. The van der Waals surface area contributed by atoms with E-state index in [1.54, 1.807) is 12.1 Å². The van der Waals surface area contributed by atoms with Crippen molar-refractivity contribution in [2.24, 2.45) is 0 Å². The third-order valence-corrected chi connectivity index (χ3v) is 6.20. The van der Waals surface area contributed by atoms with Crippen LogP contribution in [0.15, 0.2) is 35.2 Å². The molecule has 136 valence electrons. The van der Waals surface area contributed by atoms with E-state index in [9.17, 15) is 8.42 Å². The molecule has 0 spiro atoms. The Morgan fingerprint density at radius 2 is 1.80 bits per heavy atom. The van der Waals surface area contributed by atoms with Crippen LogP contribution in [0.4, 0.5) is 5.69 Å². The van der Waals surface area contributed by atoms with Gasteiger partial charge >= 0.3 is 0 Å². The highest BCUT2D eigenvalue weighted by molar-refractivity contribution is 14.1. The Morgan fingerprint density at radius 1 is 1.12 bits per heavy atom. The van der Waals surface area contributed by atoms with Crippen LogP contribution in [0.25, 0.3) is 0 Å². The minimum Gasteiger partial charge on any atom is -0.495 e. The van der Waals surface area contributed by atoms with Crippen molar-refractivity contribution in [3.63, 3.8) is 0 Å². The molecular weight excluding hydrogens is 481 g/mol.